The topological polar surface area (TPSA) is 83.5 Å². The van der Waals surface area contributed by atoms with Gasteiger partial charge in [0, 0.05) is 12.6 Å². The van der Waals surface area contributed by atoms with Gasteiger partial charge >= 0.3 is 0 Å². The maximum atomic E-state index is 10.6. The number of carbonyl (C=O) groups is 1. The maximum absolute atomic E-state index is 10.6. The summed E-state index contributed by atoms with van der Waals surface area (Å²) in [6.45, 7) is 1.34. The van der Waals surface area contributed by atoms with Crippen LogP contribution in [0.4, 0.5) is 5.69 Å². The van der Waals surface area contributed by atoms with Crippen molar-refractivity contribution in [3.05, 3.63) is 24.3 Å². The molecule has 0 fully saturated rings. The molecule has 0 aliphatic carbocycles. The van der Waals surface area contributed by atoms with Gasteiger partial charge in [0.25, 0.3) is 10.1 Å². The molecule has 0 heterocycles. The summed E-state index contributed by atoms with van der Waals surface area (Å²) in [6.07, 6.45) is 0. The van der Waals surface area contributed by atoms with Crippen molar-refractivity contribution in [1.29, 1.82) is 0 Å². The van der Waals surface area contributed by atoms with Crippen LogP contribution in [-0.4, -0.2) is 18.9 Å². The zero-order valence-corrected chi connectivity index (χ0v) is 9.34. The van der Waals surface area contributed by atoms with Crippen LogP contribution in [0.5, 0.6) is 0 Å². The zero-order valence-electron chi connectivity index (χ0n) is 7.77. The number of hydrogen-bond acceptors (Lipinski definition) is 3. The third-order valence-corrected chi connectivity index (χ3v) is 2.34. The molecule has 15 heavy (non-hydrogen) atoms. The van der Waals surface area contributed by atoms with Gasteiger partial charge in [0.2, 0.25) is 5.91 Å². The van der Waals surface area contributed by atoms with Crippen LogP contribution in [0.3, 0.4) is 0 Å². The minimum atomic E-state index is -4.16. The van der Waals surface area contributed by atoms with E-state index in [2.05, 4.69) is 5.32 Å². The second-order valence-corrected chi connectivity index (χ2v) is 4.10. The van der Waals surface area contributed by atoms with E-state index in [1.165, 1.54) is 31.2 Å². The van der Waals surface area contributed by atoms with Crippen molar-refractivity contribution in [3.8, 4) is 0 Å². The summed E-state index contributed by atoms with van der Waals surface area (Å²) in [6, 6.07) is 5.20. The van der Waals surface area contributed by atoms with Crippen LogP contribution in [0, 0.1) is 0 Å². The first-order valence-electron chi connectivity index (χ1n) is 3.75. The molecule has 0 aliphatic heterocycles. The first kappa shape index (κ1) is 13.9. The Bertz CT molecular complexity index is 440. The third-order valence-electron chi connectivity index (χ3n) is 1.47. The number of benzene rings is 1. The van der Waals surface area contributed by atoms with Gasteiger partial charge in [0.05, 0.1) is 4.90 Å². The molecule has 1 aromatic carbocycles. The molecule has 0 saturated carbocycles. The first-order chi connectivity index (χ1) is 6.39. The Morgan fingerprint density at radius 2 is 1.73 bits per heavy atom. The summed E-state index contributed by atoms with van der Waals surface area (Å²) >= 11 is 0. The highest BCUT2D eigenvalue weighted by molar-refractivity contribution is 7.85. The lowest BCUT2D eigenvalue weighted by Gasteiger charge is -2.01. The average Bonchev–Trinajstić information content (AvgIpc) is 2.02. The van der Waals surface area contributed by atoms with Crippen LogP contribution in [-0.2, 0) is 14.9 Å². The van der Waals surface area contributed by atoms with Crippen LogP contribution < -0.4 is 17.7 Å². The van der Waals surface area contributed by atoms with Crippen molar-refractivity contribution in [2.24, 2.45) is 0 Å². The Balaban J connectivity index is 0.00000196. The summed E-state index contributed by atoms with van der Waals surface area (Å²) in [4.78, 5) is 10.4. The number of hydrogen-bond donors (Lipinski definition) is 2. The first-order valence-corrected chi connectivity index (χ1v) is 5.19. The van der Waals surface area contributed by atoms with Crippen molar-refractivity contribution < 1.29 is 30.2 Å². The fraction of sp³-hybridized carbons (Fsp3) is 0.125. The molecule has 84 valence electrons. The Morgan fingerprint density at radius 1 is 1.27 bits per heavy atom. The Hall–Kier alpha value is -1.11. The highest BCUT2D eigenvalue weighted by atomic mass is 35.5. The Kier molecular flexibility index (Phi) is 4.73. The number of rotatable bonds is 2. The van der Waals surface area contributed by atoms with E-state index in [-0.39, 0.29) is 23.2 Å². The minimum absolute atomic E-state index is 0. The molecule has 0 aromatic heterocycles. The number of anilines is 1. The van der Waals surface area contributed by atoms with Crippen LogP contribution in [0.15, 0.2) is 29.2 Å². The lowest BCUT2D eigenvalue weighted by atomic mass is 10.3. The Labute approximate surface area is 93.7 Å². The van der Waals surface area contributed by atoms with E-state index in [0.717, 1.165) is 0 Å². The third kappa shape index (κ3) is 4.28. The number of carbonyl (C=O) groups excluding carboxylic acids is 1. The van der Waals surface area contributed by atoms with E-state index in [9.17, 15) is 13.2 Å². The fourth-order valence-corrected chi connectivity index (χ4v) is 1.39. The molecule has 1 aromatic rings. The molecular weight excluding hydrogens is 242 g/mol. The lowest BCUT2D eigenvalue weighted by molar-refractivity contribution is -0.114. The maximum Gasteiger partial charge on any atom is 0.294 e. The van der Waals surface area contributed by atoms with Crippen molar-refractivity contribution >= 4 is 21.7 Å². The largest absolute Gasteiger partial charge is 1.00 e. The van der Waals surface area contributed by atoms with Gasteiger partial charge in [-0.1, -0.05) is 0 Å². The van der Waals surface area contributed by atoms with Gasteiger partial charge in [-0.3, -0.25) is 9.35 Å². The smallest absolute Gasteiger partial charge is 0.294 e. The van der Waals surface area contributed by atoms with Gasteiger partial charge in [-0.25, -0.2) is 0 Å². The van der Waals surface area contributed by atoms with Crippen molar-refractivity contribution in [1.82, 2.24) is 0 Å². The molecular formula is C8H9ClNO4S-. The van der Waals surface area contributed by atoms with Crippen molar-refractivity contribution in [2.45, 2.75) is 11.8 Å². The predicted octanol–water partition coefficient (Wildman–Crippen LogP) is -2.10. The number of halogens is 1. The molecule has 7 heteroatoms. The fourth-order valence-electron chi connectivity index (χ4n) is 0.914. The van der Waals surface area contributed by atoms with Gasteiger partial charge < -0.3 is 17.7 Å². The predicted molar refractivity (Wildman–Crippen MR) is 50.6 cm³/mol. The van der Waals surface area contributed by atoms with E-state index >= 15 is 0 Å². The average molecular weight is 251 g/mol. The van der Waals surface area contributed by atoms with Gasteiger partial charge in [-0.2, -0.15) is 8.42 Å². The summed E-state index contributed by atoms with van der Waals surface area (Å²) < 4.78 is 29.9. The quantitative estimate of drug-likeness (QED) is 0.589. The van der Waals surface area contributed by atoms with E-state index in [1.54, 1.807) is 0 Å². The van der Waals surface area contributed by atoms with Crippen LogP contribution >= 0.6 is 0 Å². The van der Waals surface area contributed by atoms with Crippen LogP contribution in [0.25, 0.3) is 0 Å². The normalized spacial score (nSPS) is 10.3. The van der Waals surface area contributed by atoms with Crippen LogP contribution in [0.1, 0.15) is 6.92 Å². The molecule has 0 aliphatic rings. The zero-order chi connectivity index (χ0) is 10.8. The van der Waals surface area contributed by atoms with Crippen molar-refractivity contribution in [2.75, 3.05) is 5.32 Å². The van der Waals surface area contributed by atoms with Gasteiger partial charge in [0.15, 0.2) is 0 Å². The molecule has 1 amide bonds. The molecule has 0 bridgehead atoms. The van der Waals surface area contributed by atoms with Gasteiger partial charge in [0.1, 0.15) is 0 Å². The number of amides is 1. The summed E-state index contributed by atoms with van der Waals surface area (Å²) in [5, 5.41) is 2.47. The summed E-state index contributed by atoms with van der Waals surface area (Å²) in [5.41, 5.74) is 0.477. The second kappa shape index (κ2) is 5.11. The number of nitrogens with one attached hydrogen (secondary N) is 1. The molecule has 5 nitrogen and oxygen atoms in total. The molecule has 0 saturated heterocycles. The van der Waals surface area contributed by atoms with E-state index in [0.29, 0.717) is 5.69 Å². The molecule has 0 atom stereocenters. The van der Waals surface area contributed by atoms with E-state index in [1.807, 2.05) is 0 Å². The molecule has 0 unspecified atom stereocenters. The summed E-state index contributed by atoms with van der Waals surface area (Å²) in [7, 11) is -4.16. The standard InChI is InChI=1S/C8H9NO4S.ClH/c1-6(10)9-7-2-4-8(5-3-7)14(11,12)13;/h2-5H,1H3,(H,9,10)(H,11,12,13);1H/p-1. The van der Waals surface area contributed by atoms with Gasteiger partial charge in [-0.15, -0.1) is 0 Å². The highest BCUT2D eigenvalue weighted by Gasteiger charge is 2.08. The molecule has 1 rings (SSSR count). The van der Waals surface area contributed by atoms with Crippen LogP contribution in [0.2, 0.25) is 0 Å². The van der Waals surface area contributed by atoms with Gasteiger partial charge in [-0.05, 0) is 24.3 Å². The SMILES string of the molecule is CC(=O)Nc1ccc(S(=O)(=O)O)cc1.[Cl-]. The molecule has 0 spiro atoms. The van der Waals surface area contributed by atoms with Crippen molar-refractivity contribution in [3.63, 3.8) is 0 Å². The lowest BCUT2D eigenvalue weighted by Crippen LogP contribution is -3.00. The van der Waals surface area contributed by atoms with E-state index in [4.69, 9.17) is 4.55 Å². The Morgan fingerprint density at radius 3 is 2.07 bits per heavy atom. The summed E-state index contributed by atoms with van der Waals surface area (Å²) in [5.74, 6) is -0.246. The second-order valence-electron chi connectivity index (χ2n) is 2.68. The molecule has 2 N–H and O–H groups in total. The highest BCUT2D eigenvalue weighted by Crippen LogP contribution is 2.13. The monoisotopic (exact) mass is 250 g/mol. The minimum Gasteiger partial charge on any atom is -1.00 e. The molecule has 0 radical (unpaired) electrons. The van der Waals surface area contributed by atoms with E-state index < -0.39 is 10.1 Å².